The molecule has 6 heteroatoms. The number of carbonyl (C=O) groups excluding carboxylic acids is 1. The number of nitrogens with zero attached hydrogens (tertiary/aromatic N) is 2. The number of imidazole rings is 1. The van der Waals surface area contributed by atoms with Crippen molar-refractivity contribution in [3.05, 3.63) is 84.2 Å². The van der Waals surface area contributed by atoms with Gasteiger partial charge in [0.2, 0.25) is 0 Å². The summed E-state index contributed by atoms with van der Waals surface area (Å²) in [6, 6.07) is 21.2. The number of halogens is 1. The van der Waals surface area contributed by atoms with E-state index in [-0.39, 0.29) is 5.91 Å². The average Bonchev–Trinajstić information content (AvgIpc) is 3.34. The number of fused-ring (bicyclic) bond motifs is 2. The van der Waals surface area contributed by atoms with Crippen molar-refractivity contribution in [2.75, 3.05) is 7.11 Å². The molecular weight excluding hydrogens is 387 g/mol. The van der Waals surface area contributed by atoms with Crippen LogP contribution in [0.2, 0.25) is 0 Å². The fraction of sp³-hybridized carbons (Fsp3) is 0.0435. The Kier molecular flexibility index (Phi) is 4.14. The van der Waals surface area contributed by atoms with E-state index >= 15 is 0 Å². The minimum atomic E-state index is -0.413. The lowest BCUT2D eigenvalue weighted by atomic mass is 10.2. The molecule has 0 spiro atoms. The second-order valence-electron chi connectivity index (χ2n) is 6.59. The van der Waals surface area contributed by atoms with E-state index in [1.54, 1.807) is 48.8 Å². The molecule has 5 aromatic rings. The average molecular weight is 402 g/mol. The van der Waals surface area contributed by atoms with Crippen LogP contribution in [0.3, 0.4) is 0 Å². The number of hydrogen-bond acceptors (Lipinski definition) is 4. The van der Waals surface area contributed by atoms with Crippen LogP contribution >= 0.6 is 11.3 Å². The quantitative estimate of drug-likeness (QED) is 0.386. The Bertz CT molecular complexity index is 1340. The molecule has 0 fully saturated rings. The summed E-state index contributed by atoms with van der Waals surface area (Å²) in [5, 5.41) is 1.08. The molecule has 0 saturated carbocycles. The van der Waals surface area contributed by atoms with Crippen LogP contribution in [-0.2, 0) is 0 Å². The van der Waals surface area contributed by atoms with Gasteiger partial charge in [0.05, 0.1) is 23.0 Å². The van der Waals surface area contributed by atoms with Gasteiger partial charge in [-0.2, -0.15) is 0 Å². The number of thiophene rings is 1. The summed E-state index contributed by atoms with van der Waals surface area (Å²) in [4.78, 5) is 18.9. The smallest absolute Gasteiger partial charge is 0.264 e. The highest BCUT2D eigenvalue weighted by molar-refractivity contribution is 7.22. The van der Waals surface area contributed by atoms with Crippen molar-refractivity contribution < 1.29 is 13.9 Å². The monoisotopic (exact) mass is 402 g/mol. The Morgan fingerprint density at radius 2 is 1.83 bits per heavy atom. The number of ether oxygens (including phenoxy) is 1. The maximum absolute atomic E-state index is 14.0. The van der Waals surface area contributed by atoms with Crippen LogP contribution in [0.4, 0.5) is 4.39 Å². The van der Waals surface area contributed by atoms with E-state index in [9.17, 15) is 9.18 Å². The molecule has 0 saturated heterocycles. The molecule has 0 aliphatic heterocycles. The molecule has 0 atom stereocenters. The van der Waals surface area contributed by atoms with Gasteiger partial charge < -0.3 is 4.74 Å². The molecule has 2 aromatic heterocycles. The molecule has 0 bridgehead atoms. The third-order valence-electron chi connectivity index (χ3n) is 4.80. The van der Waals surface area contributed by atoms with Crippen molar-refractivity contribution in [2.45, 2.75) is 0 Å². The Labute approximate surface area is 169 Å². The van der Waals surface area contributed by atoms with Gasteiger partial charge in [-0.25, -0.2) is 9.37 Å². The first-order valence-electron chi connectivity index (χ1n) is 9.00. The summed E-state index contributed by atoms with van der Waals surface area (Å²) >= 11 is 1.55. The second-order valence-corrected chi connectivity index (χ2v) is 7.67. The molecule has 3 aromatic carbocycles. The van der Waals surface area contributed by atoms with Crippen LogP contribution < -0.4 is 4.74 Å². The standard InChI is InChI=1S/C23H15FN2O2S/c1-28-17-9-6-14(7-10-17)23(27)26-19-13-16(24)8-11-18(19)25-22(26)21-12-15-4-2-3-5-20(15)29-21/h2-13H,1H3. The van der Waals surface area contributed by atoms with Gasteiger partial charge in [-0.1, -0.05) is 18.2 Å². The molecule has 29 heavy (non-hydrogen) atoms. The number of methoxy groups -OCH3 is 1. The second kappa shape index (κ2) is 6.83. The lowest BCUT2D eigenvalue weighted by Gasteiger charge is -2.08. The Morgan fingerprint density at radius 3 is 2.59 bits per heavy atom. The molecule has 0 radical (unpaired) electrons. The molecule has 4 nitrogen and oxygen atoms in total. The molecular formula is C23H15FN2O2S. The highest BCUT2D eigenvalue weighted by atomic mass is 32.1. The Hall–Kier alpha value is -3.51. The van der Waals surface area contributed by atoms with Gasteiger partial charge in [0, 0.05) is 16.3 Å². The maximum atomic E-state index is 14.0. The van der Waals surface area contributed by atoms with Gasteiger partial charge in [-0.05, 0) is 53.9 Å². The number of benzene rings is 3. The number of aromatic nitrogens is 2. The number of carbonyl (C=O) groups is 1. The van der Waals surface area contributed by atoms with Crippen LogP contribution in [0.5, 0.6) is 5.75 Å². The van der Waals surface area contributed by atoms with Crippen LogP contribution in [-0.4, -0.2) is 22.6 Å². The predicted octanol–water partition coefficient (Wildman–Crippen LogP) is 5.75. The highest BCUT2D eigenvalue weighted by Crippen LogP contribution is 2.35. The van der Waals surface area contributed by atoms with Crippen molar-refractivity contribution in [1.82, 2.24) is 9.55 Å². The molecule has 142 valence electrons. The summed E-state index contributed by atoms with van der Waals surface area (Å²) in [5.74, 6) is 0.484. The van der Waals surface area contributed by atoms with Crippen LogP contribution in [0.1, 0.15) is 10.4 Å². The summed E-state index contributed by atoms with van der Waals surface area (Å²) in [6.45, 7) is 0. The zero-order valence-corrected chi connectivity index (χ0v) is 16.2. The fourth-order valence-corrected chi connectivity index (χ4v) is 4.42. The van der Waals surface area contributed by atoms with E-state index in [4.69, 9.17) is 4.74 Å². The van der Waals surface area contributed by atoms with E-state index < -0.39 is 5.82 Å². The highest BCUT2D eigenvalue weighted by Gasteiger charge is 2.21. The molecule has 0 aliphatic rings. The van der Waals surface area contributed by atoms with E-state index in [2.05, 4.69) is 4.98 Å². The predicted molar refractivity (Wildman–Crippen MR) is 113 cm³/mol. The van der Waals surface area contributed by atoms with Crippen molar-refractivity contribution in [3.63, 3.8) is 0 Å². The Balaban J connectivity index is 1.74. The molecule has 0 amide bonds. The minimum absolute atomic E-state index is 0.270. The summed E-state index contributed by atoms with van der Waals surface area (Å²) in [7, 11) is 1.57. The fourth-order valence-electron chi connectivity index (χ4n) is 3.37. The van der Waals surface area contributed by atoms with Gasteiger partial charge in [-0.15, -0.1) is 11.3 Å². The first kappa shape index (κ1) is 17.6. The SMILES string of the molecule is COc1ccc(C(=O)n2c(-c3cc4ccccc4s3)nc3ccc(F)cc32)cc1. The third-order valence-corrected chi connectivity index (χ3v) is 5.91. The largest absolute Gasteiger partial charge is 0.497 e. The van der Waals surface area contributed by atoms with E-state index in [0.717, 1.165) is 15.0 Å². The van der Waals surface area contributed by atoms with Gasteiger partial charge in [-0.3, -0.25) is 9.36 Å². The summed E-state index contributed by atoms with van der Waals surface area (Å²) < 4.78 is 21.8. The zero-order chi connectivity index (χ0) is 20.0. The van der Waals surface area contributed by atoms with Gasteiger partial charge in [0.25, 0.3) is 5.91 Å². The third kappa shape index (κ3) is 2.98. The van der Waals surface area contributed by atoms with Gasteiger partial charge in [0.15, 0.2) is 5.82 Å². The minimum Gasteiger partial charge on any atom is -0.497 e. The van der Waals surface area contributed by atoms with Crippen molar-refractivity contribution in [1.29, 1.82) is 0 Å². The number of hydrogen-bond donors (Lipinski definition) is 0. The first-order valence-corrected chi connectivity index (χ1v) is 9.81. The van der Waals surface area contributed by atoms with Gasteiger partial charge >= 0.3 is 0 Å². The molecule has 0 unspecified atom stereocenters. The van der Waals surface area contributed by atoms with Crippen LogP contribution in [0.15, 0.2) is 72.8 Å². The van der Waals surface area contributed by atoms with Gasteiger partial charge in [0.1, 0.15) is 11.6 Å². The maximum Gasteiger partial charge on any atom is 0.264 e. The summed E-state index contributed by atoms with van der Waals surface area (Å²) in [6.07, 6.45) is 0. The molecule has 2 heterocycles. The summed E-state index contributed by atoms with van der Waals surface area (Å²) in [5.41, 5.74) is 1.48. The van der Waals surface area contributed by atoms with E-state index in [0.29, 0.717) is 28.2 Å². The Morgan fingerprint density at radius 1 is 1.03 bits per heavy atom. The van der Waals surface area contributed by atoms with Crippen LogP contribution in [0.25, 0.3) is 31.8 Å². The van der Waals surface area contributed by atoms with E-state index in [1.165, 1.54) is 16.7 Å². The molecule has 0 aliphatic carbocycles. The first-order chi connectivity index (χ1) is 14.1. The van der Waals surface area contributed by atoms with Crippen molar-refractivity contribution >= 4 is 38.4 Å². The van der Waals surface area contributed by atoms with Crippen molar-refractivity contribution in [2.24, 2.45) is 0 Å². The molecule has 5 rings (SSSR count). The topological polar surface area (TPSA) is 44.1 Å². The zero-order valence-electron chi connectivity index (χ0n) is 15.4. The normalized spacial score (nSPS) is 11.2. The lowest BCUT2D eigenvalue weighted by Crippen LogP contribution is -2.13. The van der Waals surface area contributed by atoms with Crippen molar-refractivity contribution in [3.8, 4) is 16.5 Å². The van der Waals surface area contributed by atoms with E-state index in [1.807, 2.05) is 30.3 Å². The van der Waals surface area contributed by atoms with Crippen LogP contribution in [0, 0.1) is 5.82 Å². The number of rotatable bonds is 3. The molecule has 0 N–H and O–H groups in total. The lowest BCUT2D eigenvalue weighted by molar-refractivity contribution is 0.0966.